The summed E-state index contributed by atoms with van der Waals surface area (Å²) >= 11 is 0. The Morgan fingerprint density at radius 1 is 1.25 bits per heavy atom. The number of amides is 2. The molecular weight excluding hydrogens is 321 g/mol. The number of aliphatic hydroxyl groups excluding tert-OH is 1. The minimum Gasteiger partial charge on any atom is -0.393 e. The molecule has 0 spiro atoms. The molecule has 2 amide bonds. The molecule has 2 rings (SSSR count). The Kier molecular flexibility index (Phi) is 6.10. The van der Waals surface area contributed by atoms with Gasteiger partial charge in [0.05, 0.1) is 12.5 Å². The molecule has 0 saturated heterocycles. The third-order valence-electron chi connectivity index (χ3n) is 4.33. The Bertz CT molecular complexity index is 546. The summed E-state index contributed by atoms with van der Waals surface area (Å²) in [5, 5.41) is 12.6. The molecule has 2 atom stereocenters. The normalized spacial score (nSPS) is 21.4. The number of anilines is 1. The second kappa shape index (κ2) is 7.88. The zero-order chi connectivity index (χ0) is 17.7. The molecule has 0 bridgehead atoms. The van der Waals surface area contributed by atoms with Crippen LogP contribution in [-0.2, 0) is 6.42 Å². The summed E-state index contributed by atoms with van der Waals surface area (Å²) in [7, 11) is 1.65. The van der Waals surface area contributed by atoms with Gasteiger partial charge in [-0.15, -0.1) is 0 Å². The predicted molar refractivity (Wildman–Crippen MR) is 85.8 cm³/mol. The third kappa shape index (κ3) is 5.70. The number of halogens is 3. The molecule has 1 fully saturated rings. The van der Waals surface area contributed by atoms with Crippen molar-refractivity contribution >= 4 is 11.7 Å². The van der Waals surface area contributed by atoms with Crippen molar-refractivity contribution in [3.05, 3.63) is 29.8 Å². The zero-order valence-corrected chi connectivity index (χ0v) is 13.6. The number of nitrogens with one attached hydrogen (secondary N) is 1. The van der Waals surface area contributed by atoms with Crippen molar-refractivity contribution in [3.63, 3.8) is 0 Å². The summed E-state index contributed by atoms with van der Waals surface area (Å²) in [4.78, 5) is 13.7. The molecule has 0 radical (unpaired) electrons. The maximum atomic E-state index is 12.3. The van der Waals surface area contributed by atoms with E-state index >= 15 is 0 Å². The number of urea groups is 1. The number of carbonyl (C=O) groups is 1. The van der Waals surface area contributed by atoms with E-state index in [1.807, 2.05) is 0 Å². The van der Waals surface area contributed by atoms with Crippen LogP contribution in [0.15, 0.2) is 24.3 Å². The van der Waals surface area contributed by atoms with Crippen molar-refractivity contribution in [2.75, 3.05) is 18.9 Å². The molecule has 1 aliphatic rings. The standard InChI is InChI=1S/C17H23F3N2O2/c1-22(11-13-4-2-3-5-15(13)23)16(24)21-14-8-6-12(7-9-14)10-17(18,19)20/h6-9,13,15,23H,2-5,10-11H2,1H3,(H,21,24). The fraction of sp³-hybridized carbons (Fsp3) is 0.588. The lowest BCUT2D eigenvalue weighted by Crippen LogP contribution is -2.40. The van der Waals surface area contributed by atoms with Crippen LogP contribution in [0.25, 0.3) is 0 Å². The summed E-state index contributed by atoms with van der Waals surface area (Å²) in [6.45, 7) is 0.457. The van der Waals surface area contributed by atoms with Crippen molar-refractivity contribution in [2.24, 2.45) is 5.92 Å². The molecule has 1 aliphatic carbocycles. The van der Waals surface area contributed by atoms with E-state index in [0.717, 1.165) is 25.7 Å². The first-order chi connectivity index (χ1) is 11.2. The largest absolute Gasteiger partial charge is 0.393 e. The molecule has 2 N–H and O–H groups in total. The van der Waals surface area contributed by atoms with E-state index < -0.39 is 12.6 Å². The number of rotatable bonds is 4. The topological polar surface area (TPSA) is 52.6 Å². The molecule has 1 aromatic carbocycles. The van der Waals surface area contributed by atoms with Crippen LogP contribution >= 0.6 is 0 Å². The van der Waals surface area contributed by atoms with Crippen LogP contribution in [0.3, 0.4) is 0 Å². The molecular formula is C17H23F3N2O2. The van der Waals surface area contributed by atoms with Crippen LogP contribution in [0, 0.1) is 5.92 Å². The molecule has 24 heavy (non-hydrogen) atoms. The van der Waals surface area contributed by atoms with Crippen LogP contribution in [0.1, 0.15) is 31.2 Å². The van der Waals surface area contributed by atoms with Crippen molar-refractivity contribution in [3.8, 4) is 0 Å². The van der Waals surface area contributed by atoms with Crippen molar-refractivity contribution in [1.82, 2.24) is 4.90 Å². The van der Waals surface area contributed by atoms with Crippen molar-refractivity contribution in [1.29, 1.82) is 0 Å². The van der Waals surface area contributed by atoms with Gasteiger partial charge in [-0.25, -0.2) is 4.79 Å². The number of nitrogens with zero attached hydrogens (tertiary/aromatic N) is 1. The molecule has 134 valence electrons. The Labute approximate surface area is 139 Å². The summed E-state index contributed by atoms with van der Waals surface area (Å²) in [5.74, 6) is 0.0728. The van der Waals surface area contributed by atoms with Crippen molar-refractivity contribution in [2.45, 2.75) is 44.4 Å². The first-order valence-electron chi connectivity index (χ1n) is 8.10. The molecule has 2 unspecified atom stereocenters. The van der Waals surface area contributed by atoms with E-state index in [1.165, 1.54) is 29.2 Å². The van der Waals surface area contributed by atoms with Gasteiger partial charge in [-0.2, -0.15) is 13.2 Å². The van der Waals surface area contributed by atoms with Crippen molar-refractivity contribution < 1.29 is 23.1 Å². The maximum absolute atomic E-state index is 12.3. The van der Waals surface area contributed by atoms with E-state index in [1.54, 1.807) is 7.05 Å². The highest BCUT2D eigenvalue weighted by molar-refractivity contribution is 5.89. The molecule has 1 aromatic rings. The van der Waals surface area contributed by atoms with Gasteiger partial charge >= 0.3 is 12.2 Å². The summed E-state index contributed by atoms with van der Waals surface area (Å²) < 4.78 is 36.9. The number of carbonyl (C=O) groups excluding carboxylic acids is 1. The van der Waals surface area contributed by atoms with E-state index in [4.69, 9.17) is 0 Å². The van der Waals surface area contributed by atoms with Gasteiger partial charge in [0.25, 0.3) is 0 Å². The third-order valence-corrected chi connectivity index (χ3v) is 4.33. The average molecular weight is 344 g/mol. The molecule has 1 saturated carbocycles. The maximum Gasteiger partial charge on any atom is 0.393 e. The van der Waals surface area contributed by atoms with Crippen LogP contribution in [0.5, 0.6) is 0 Å². The number of hydrogen-bond donors (Lipinski definition) is 2. The summed E-state index contributed by atoms with van der Waals surface area (Å²) in [6.07, 6.45) is -1.89. The molecule has 7 heteroatoms. The lowest BCUT2D eigenvalue weighted by molar-refractivity contribution is -0.127. The zero-order valence-electron chi connectivity index (χ0n) is 13.6. The van der Waals surface area contributed by atoms with Gasteiger partial charge in [-0.3, -0.25) is 0 Å². The molecule has 0 aromatic heterocycles. The molecule has 4 nitrogen and oxygen atoms in total. The number of hydrogen-bond acceptors (Lipinski definition) is 2. The lowest BCUT2D eigenvalue weighted by Gasteiger charge is -2.31. The number of alkyl halides is 3. The van der Waals surface area contributed by atoms with Gasteiger partial charge in [0.1, 0.15) is 0 Å². The monoisotopic (exact) mass is 344 g/mol. The minimum atomic E-state index is -4.24. The van der Waals surface area contributed by atoms with Crippen LogP contribution in [0.4, 0.5) is 23.7 Å². The summed E-state index contributed by atoms with van der Waals surface area (Å²) in [6, 6.07) is 5.29. The van der Waals surface area contributed by atoms with Gasteiger partial charge in [0.15, 0.2) is 0 Å². The number of aliphatic hydroxyl groups is 1. The van der Waals surface area contributed by atoms with Gasteiger partial charge in [-0.1, -0.05) is 25.0 Å². The Morgan fingerprint density at radius 2 is 1.88 bits per heavy atom. The smallest absolute Gasteiger partial charge is 0.393 e. The Balaban J connectivity index is 1.86. The van der Waals surface area contributed by atoms with E-state index in [9.17, 15) is 23.1 Å². The SMILES string of the molecule is CN(CC1CCCCC1O)C(=O)Nc1ccc(CC(F)(F)F)cc1. The van der Waals surface area contributed by atoms with Gasteiger partial charge in [0, 0.05) is 25.2 Å². The molecule has 0 aliphatic heterocycles. The predicted octanol–water partition coefficient (Wildman–Crippen LogP) is 3.81. The van der Waals surface area contributed by atoms with E-state index in [-0.39, 0.29) is 23.6 Å². The highest BCUT2D eigenvalue weighted by Gasteiger charge is 2.28. The fourth-order valence-electron chi connectivity index (χ4n) is 2.99. The first kappa shape index (κ1) is 18.6. The molecule has 0 heterocycles. The van der Waals surface area contributed by atoms with Gasteiger partial charge in [0.2, 0.25) is 0 Å². The van der Waals surface area contributed by atoms with Crippen LogP contribution < -0.4 is 5.32 Å². The van der Waals surface area contributed by atoms with Crippen LogP contribution in [0.2, 0.25) is 0 Å². The summed E-state index contributed by atoms with van der Waals surface area (Å²) in [5.41, 5.74) is 0.598. The first-order valence-corrected chi connectivity index (χ1v) is 8.10. The second-order valence-corrected chi connectivity index (χ2v) is 6.41. The minimum absolute atomic E-state index is 0.0728. The van der Waals surface area contributed by atoms with Gasteiger partial charge < -0.3 is 15.3 Å². The highest BCUT2D eigenvalue weighted by atomic mass is 19.4. The fourth-order valence-corrected chi connectivity index (χ4v) is 2.99. The van der Waals surface area contributed by atoms with E-state index in [0.29, 0.717) is 12.2 Å². The van der Waals surface area contributed by atoms with E-state index in [2.05, 4.69) is 5.32 Å². The van der Waals surface area contributed by atoms with Gasteiger partial charge in [-0.05, 0) is 30.5 Å². The second-order valence-electron chi connectivity index (χ2n) is 6.41. The Morgan fingerprint density at radius 3 is 2.46 bits per heavy atom. The van der Waals surface area contributed by atoms with Crippen LogP contribution in [-0.4, -0.2) is 41.9 Å². The average Bonchev–Trinajstić information content (AvgIpc) is 2.50. The number of benzene rings is 1. The quantitative estimate of drug-likeness (QED) is 0.873. The lowest BCUT2D eigenvalue weighted by atomic mass is 9.86. The Hall–Kier alpha value is -1.76. The highest BCUT2D eigenvalue weighted by Crippen LogP contribution is 2.25.